The van der Waals surface area contributed by atoms with Gasteiger partial charge in [0.25, 0.3) is 0 Å². The predicted octanol–water partition coefficient (Wildman–Crippen LogP) is 4.80. The average Bonchev–Trinajstić information content (AvgIpc) is 2.92. The number of aryl methyl sites for hydroxylation is 1. The molecule has 1 aromatic heterocycles. The summed E-state index contributed by atoms with van der Waals surface area (Å²) < 4.78 is 14.1. The van der Waals surface area contributed by atoms with Gasteiger partial charge in [-0.2, -0.15) is 5.10 Å². The van der Waals surface area contributed by atoms with Crippen molar-refractivity contribution in [2.45, 2.75) is 53.2 Å². The van der Waals surface area contributed by atoms with E-state index in [0.717, 1.165) is 17.8 Å². The van der Waals surface area contributed by atoms with E-state index in [1.807, 2.05) is 19.1 Å². The summed E-state index contributed by atoms with van der Waals surface area (Å²) in [5, 5.41) is 6.68. The van der Waals surface area contributed by atoms with E-state index in [0.29, 0.717) is 17.8 Å². The van der Waals surface area contributed by atoms with Crippen LogP contribution in [0.1, 0.15) is 50.2 Å². The number of aromatic nitrogens is 2. The molecule has 0 atom stereocenters. The molecule has 0 fully saturated rings. The van der Waals surface area contributed by atoms with Crippen LogP contribution in [-0.2, 0) is 6.54 Å². The minimum Gasteiger partial charge on any atom is -0.294 e. The lowest BCUT2D eigenvalue weighted by atomic mass is 10.1. The van der Waals surface area contributed by atoms with Crippen molar-refractivity contribution in [3.8, 4) is 0 Å². The van der Waals surface area contributed by atoms with Gasteiger partial charge >= 0.3 is 0 Å². The highest BCUT2D eigenvalue weighted by Crippen LogP contribution is 2.19. The van der Waals surface area contributed by atoms with Crippen LogP contribution in [0.25, 0.3) is 11.9 Å². The molecule has 0 aliphatic rings. The molecule has 3 nitrogen and oxygen atoms in total. The van der Waals surface area contributed by atoms with Gasteiger partial charge in [0.15, 0.2) is 5.83 Å². The summed E-state index contributed by atoms with van der Waals surface area (Å²) in [6, 6.07) is 10.7. The van der Waals surface area contributed by atoms with Crippen LogP contribution in [-0.4, -0.2) is 27.2 Å². The number of H-pyrrole nitrogens is 1. The van der Waals surface area contributed by atoms with Crippen LogP contribution in [0.2, 0.25) is 0 Å². The highest BCUT2D eigenvalue weighted by molar-refractivity contribution is 5.75. The van der Waals surface area contributed by atoms with Crippen molar-refractivity contribution in [3.05, 3.63) is 52.8 Å². The van der Waals surface area contributed by atoms with Crippen LogP contribution in [0, 0.1) is 6.92 Å². The molecule has 0 bridgehead atoms. The first-order chi connectivity index (χ1) is 10.9. The van der Waals surface area contributed by atoms with Crippen LogP contribution in [0.15, 0.2) is 30.3 Å². The number of halogens is 1. The first kappa shape index (κ1) is 17.4. The average molecular weight is 315 g/mol. The summed E-state index contributed by atoms with van der Waals surface area (Å²) in [5.74, 6) is -0.326. The fraction of sp³-hybridized carbons (Fsp3) is 0.421. The molecule has 23 heavy (non-hydrogen) atoms. The number of hydrogen-bond acceptors (Lipinski definition) is 2. The molecule has 0 unspecified atom stereocenters. The molecule has 0 radical (unpaired) electrons. The SMILES string of the molecule is Cc1cc(C(F)=Cc2ccc(CN(C(C)C)C(C)C)cc2)n[nH]1. The third-order valence-electron chi connectivity index (χ3n) is 3.92. The van der Waals surface area contributed by atoms with E-state index in [1.165, 1.54) is 11.6 Å². The quantitative estimate of drug-likeness (QED) is 0.830. The summed E-state index contributed by atoms with van der Waals surface area (Å²) in [7, 11) is 0. The second-order valence-electron chi connectivity index (χ2n) is 6.53. The first-order valence-electron chi connectivity index (χ1n) is 8.11. The molecule has 4 heteroatoms. The van der Waals surface area contributed by atoms with E-state index >= 15 is 0 Å². The van der Waals surface area contributed by atoms with E-state index in [9.17, 15) is 4.39 Å². The molecule has 1 aromatic carbocycles. The maximum atomic E-state index is 14.1. The Bertz CT molecular complexity index is 646. The Hall–Kier alpha value is -1.94. The van der Waals surface area contributed by atoms with Gasteiger partial charge in [0, 0.05) is 24.3 Å². The summed E-state index contributed by atoms with van der Waals surface area (Å²) >= 11 is 0. The Labute approximate surface area is 138 Å². The Morgan fingerprint density at radius 3 is 2.26 bits per heavy atom. The van der Waals surface area contributed by atoms with Crippen molar-refractivity contribution in [2.75, 3.05) is 0 Å². The third-order valence-corrected chi connectivity index (χ3v) is 3.92. The number of aromatic amines is 1. The summed E-state index contributed by atoms with van der Waals surface area (Å²) in [4.78, 5) is 2.43. The van der Waals surface area contributed by atoms with Gasteiger partial charge in [-0.25, -0.2) is 4.39 Å². The van der Waals surface area contributed by atoms with Crippen LogP contribution in [0.3, 0.4) is 0 Å². The lowest BCUT2D eigenvalue weighted by molar-refractivity contribution is 0.166. The number of nitrogens with one attached hydrogen (secondary N) is 1. The molecule has 0 saturated carbocycles. The van der Waals surface area contributed by atoms with Crippen LogP contribution >= 0.6 is 0 Å². The number of nitrogens with zero attached hydrogens (tertiary/aromatic N) is 2. The summed E-state index contributed by atoms with van der Waals surface area (Å²) in [6.07, 6.45) is 1.52. The lowest BCUT2D eigenvalue weighted by Gasteiger charge is -2.30. The van der Waals surface area contributed by atoms with Gasteiger partial charge in [-0.3, -0.25) is 10.00 Å². The van der Waals surface area contributed by atoms with Gasteiger partial charge in [-0.1, -0.05) is 24.3 Å². The molecule has 0 amide bonds. The Balaban J connectivity index is 2.10. The highest BCUT2D eigenvalue weighted by atomic mass is 19.1. The molecular weight excluding hydrogens is 289 g/mol. The molecule has 1 heterocycles. The Morgan fingerprint density at radius 2 is 1.78 bits per heavy atom. The van der Waals surface area contributed by atoms with Crippen molar-refractivity contribution >= 4 is 11.9 Å². The topological polar surface area (TPSA) is 31.9 Å². The minimum absolute atomic E-state index is 0.326. The molecule has 2 aromatic rings. The molecule has 2 rings (SSSR count). The first-order valence-corrected chi connectivity index (χ1v) is 8.11. The van der Waals surface area contributed by atoms with Crippen molar-refractivity contribution < 1.29 is 4.39 Å². The zero-order valence-electron chi connectivity index (χ0n) is 14.6. The maximum Gasteiger partial charge on any atom is 0.151 e. The number of benzene rings is 1. The van der Waals surface area contributed by atoms with Crippen LogP contribution in [0.4, 0.5) is 4.39 Å². The van der Waals surface area contributed by atoms with E-state index in [1.54, 1.807) is 6.07 Å². The third kappa shape index (κ3) is 4.76. The van der Waals surface area contributed by atoms with E-state index in [-0.39, 0.29) is 5.83 Å². The normalized spacial score (nSPS) is 12.7. The zero-order valence-corrected chi connectivity index (χ0v) is 14.6. The monoisotopic (exact) mass is 315 g/mol. The van der Waals surface area contributed by atoms with Crippen molar-refractivity contribution in [1.29, 1.82) is 0 Å². The largest absolute Gasteiger partial charge is 0.294 e. The molecule has 1 N–H and O–H groups in total. The molecule has 0 aliphatic carbocycles. The summed E-state index contributed by atoms with van der Waals surface area (Å²) in [6.45, 7) is 11.6. The minimum atomic E-state index is -0.326. The van der Waals surface area contributed by atoms with Crippen molar-refractivity contribution in [3.63, 3.8) is 0 Å². The molecule has 0 saturated heterocycles. The van der Waals surface area contributed by atoms with Gasteiger partial charge in [0.1, 0.15) is 5.69 Å². The van der Waals surface area contributed by atoms with Gasteiger partial charge in [0.05, 0.1) is 0 Å². The van der Waals surface area contributed by atoms with Gasteiger partial charge in [0.2, 0.25) is 0 Å². The second kappa shape index (κ2) is 7.55. The molecule has 0 spiro atoms. The van der Waals surface area contributed by atoms with Crippen molar-refractivity contribution in [2.24, 2.45) is 0 Å². The molecular formula is C19H26FN3. The van der Waals surface area contributed by atoms with Crippen molar-refractivity contribution in [1.82, 2.24) is 15.1 Å². The summed E-state index contributed by atoms with van der Waals surface area (Å²) in [5.41, 5.74) is 3.27. The van der Waals surface area contributed by atoms with Crippen LogP contribution in [0.5, 0.6) is 0 Å². The molecule has 124 valence electrons. The van der Waals surface area contributed by atoms with Gasteiger partial charge < -0.3 is 0 Å². The zero-order chi connectivity index (χ0) is 17.0. The standard InChI is InChI=1S/C19H26FN3/c1-13(2)23(14(3)4)12-17-8-6-16(7-9-17)11-18(20)19-10-15(5)21-22-19/h6-11,13-14H,12H2,1-5H3,(H,21,22). The fourth-order valence-corrected chi connectivity index (χ4v) is 2.65. The fourth-order valence-electron chi connectivity index (χ4n) is 2.65. The lowest BCUT2D eigenvalue weighted by Crippen LogP contribution is -2.36. The Kier molecular flexibility index (Phi) is 5.72. The molecule has 0 aliphatic heterocycles. The number of hydrogen-bond donors (Lipinski definition) is 1. The van der Waals surface area contributed by atoms with Gasteiger partial charge in [-0.15, -0.1) is 0 Å². The second-order valence-corrected chi connectivity index (χ2v) is 6.53. The van der Waals surface area contributed by atoms with E-state index in [4.69, 9.17) is 0 Å². The van der Waals surface area contributed by atoms with E-state index < -0.39 is 0 Å². The Morgan fingerprint density at radius 1 is 1.17 bits per heavy atom. The van der Waals surface area contributed by atoms with Gasteiger partial charge in [-0.05, 0) is 57.9 Å². The van der Waals surface area contributed by atoms with Crippen LogP contribution < -0.4 is 0 Å². The maximum absolute atomic E-state index is 14.1. The number of rotatable bonds is 6. The highest BCUT2D eigenvalue weighted by Gasteiger charge is 2.13. The smallest absolute Gasteiger partial charge is 0.151 e. The predicted molar refractivity (Wildman–Crippen MR) is 94.6 cm³/mol. The van der Waals surface area contributed by atoms with E-state index in [2.05, 4.69) is 54.9 Å².